The Morgan fingerprint density at radius 1 is 1.44 bits per heavy atom. The van der Waals surface area contributed by atoms with Crippen molar-refractivity contribution in [3.63, 3.8) is 0 Å². The number of carbonyl (C=O) groups is 1. The standard InChI is InChI=1S/C18H29N5O2/c1-5-20-16(21-10-8-14-7-6-9-19-11-14)22-15-12-23(13-15)17(24)25-18(2,3)4/h6-7,9,11,15H,5,8,10,12-13H2,1-4H3,(H2,20,21,22). The average molecular weight is 347 g/mol. The first kappa shape index (κ1) is 19.0. The number of pyridine rings is 1. The number of likely N-dealkylation sites (tertiary alicyclic amines) is 1. The van der Waals surface area contributed by atoms with Crippen molar-refractivity contribution in [3.05, 3.63) is 30.1 Å². The number of aromatic nitrogens is 1. The first-order valence-electron chi connectivity index (χ1n) is 8.79. The van der Waals surface area contributed by atoms with E-state index in [0.717, 1.165) is 18.9 Å². The van der Waals surface area contributed by atoms with Crippen molar-refractivity contribution in [1.82, 2.24) is 20.5 Å². The van der Waals surface area contributed by atoms with Gasteiger partial charge in [-0.05, 0) is 45.7 Å². The Morgan fingerprint density at radius 3 is 2.80 bits per heavy atom. The van der Waals surface area contributed by atoms with Crippen LogP contribution in [0.4, 0.5) is 4.79 Å². The van der Waals surface area contributed by atoms with Gasteiger partial charge in [0.05, 0.1) is 6.04 Å². The largest absolute Gasteiger partial charge is 0.444 e. The van der Waals surface area contributed by atoms with Crippen molar-refractivity contribution in [2.24, 2.45) is 4.99 Å². The predicted molar refractivity (Wildman–Crippen MR) is 98.7 cm³/mol. The molecule has 0 atom stereocenters. The summed E-state index contributed by atoms with van der Waals surface area (Å²) in [6.07, 6.45) is 4.22. The van der Waals surface area contributed by atoms with Gasteiger partial charge in [0.1, 0.15) is 5.60 Å². The van der Waals surface area contributed by atoms with Gasteiger partial charge in [-0.25, -0.2) is 4.79 Å². The number of hydrogen-bond acceptors (Lipinski definition) is 4. The minimum Gasteiger partial charge on any atom is -0.444 e. The molecular weight excluding hydrogens is 318 g/mol. The number of amides is 1. The minimum atomic E-state index is -0.460. The Labute approximate surface area is 149 Å². The van der Waals surface area contributed by atoms with Gasteiger partial charge in [0.15, 0.2) is 5.96 Å². The second-order valence-electron chi connectivity index (χ2n) is 7.10. The fourth-order valence-electron chi connectivity index (χ4n) is 2.40. The lowest BCUT2D eigenvalue weighted by atomic mass is 10.1. The number of hydrogen-bond donors (Lipinski definition) is 2. The van der Waals surface area contributed by atoms with E-state index in [1.165, 1.54) is 5.56 Å². The van der Waals surface area contributed by atoms with E-state index in [1.807, 2.05) is 46.0 Å². The van der Waals surface area contributed by atoms with Crippen LogP contribution in [0, 0.1) is 0 Å². The maximum atomic E-state index is 12.0. The van der Waals surface area contributed by atoms with E-state index in [2.05, 4.69) is 20.6 Å². The SMILES string of the molecule is CCNC(=NCCc1cccnc1)NC1CN(C(=O)OC(C)(C)C)C1. The lowest BCUT2D eigenvalue weighted by Gasteiger charge is -2.40. The number of nitrogens with zero attached hydrogens (tertiary/aromatic N) is 3. The molecule has 1 saturated heterocycles. The fourth-order valence-corrected chi connectivity index (χ4v) is 2.40. The number of ether oxygens (including phenoxy) is 1. The zero-order valence-electron chi connectivity index (χ0n) is 15.6. The van der Waals surface area contributed by atoms with Crippen molar-refractivity contribution in [1.29, 1.82) is 0 Å². The molecule has 1 aromatic rings. The predicted octanol–water partition coefficient (Wildman–Crippen LogP) is 1.80. The zero-order chi connectivity index (χ0) is 18.3. The van der Waals surface area contributed by atoms with Crippen LogP contribution in [0.25, 0.3) is 0 Å². The maximum Gasteiger partial charge on any atom is 0.410 e. The minimum absolute atomic E-state index is 0.198. The molecule has 0 unspecified atom stereocenters. The quantitative estimate of drug-likeness (QED) is 0.627. The molecule has 1 aliphatic heterocycles. The molecule has 7 nitrogen and oxygen atoms in total. The van der Waals surface area contributed by atoms with Gasteiger partial charge in [0, 0.05) is 38.6 Å². The number of guanidine groups is 1. The first-order valence-corrected chi connectivity index (χ1v) is 8.79. The lowest BCUT2D eigenvalue weighted by Crippen LogP contribution is -2.63. The van der Waals surface area contributed by atoms with E-state index < -0.39 is 5.60 Å². The summed E-state index contributed by atoms with van der Waals surface area (Å²) in [5.41, 5.74) is 0.708. The summed E-state index contributed by atoms with van der Waals surface area (Å²) in [6, 6.07) is 4.18. The van der Waals surface area contributed by atoms with Crippen LogP contribution >= 0.6 is 0 Å². The number of nitrogens with one attached hydrogen (secondary N) is 2. The molecule has 0 bridgehead atoms. The van der Waals surface area contributed by atoms with Crippen LogP contribution in [0.15, 0.2) is 29.5 Å². The third-order valence-corrected chi connectivity index (χ3v) is 3.61. The highest BCUT2D eigenvalue weighted by Crippen LogP contribution is 2.15. The first-order chi connectivity index (χ1) is 11.9. The topological polar surface area (TPSA) is 78.9 Å². The second kappa shape index (κ2) is 8.69. The molecule has 0 aromatic carbocycles. The molecule has 1 fully saturated rings. The summed E-state index contributed by atoms with van der Waals surface area (Å²) in [6.45, 7) is 10.4. The van der Waals surface area contributed by atoms with Gasteiger partial charge in [0.25, 0.3) is 0 Å². The second-order valence-corrected chi connectivity index (χ2v) is 7.10. The zero-order valence-corrected chi connectivity index (χ0v) is 15.6. The van der Waals surface area contributed by atoms with Crippen molar-refractivity contribution in [2.75, 3.05) is 26.2 Å². The van der Waals surface area contributed by atoms with E-state index >= 15 is 0 Å². The molecule has 2 N–H and O–H groups in total. The third kappa shape index (κ3) is 6.60. The fraction of sp³-hybridized carbons (Fsp3) is 0.611. The van der Waals surface area contributed by atoms with Gasteiger partial charge in [-0.2, -0.15) is 0 Å². The smallest absolute Gasteiger partial charge is 0.410 e. The maximum absolute atomic E-state index is 12.0. The normalized spacial score (nSPS) is 15.5. The Balaban J connectivity index is 1.76. The van der Waals surface area contributed by atoms with Crippen LogP contribution < -0.4 is 10.6 Å². The number of aliphatic imine (C=N–C) groups is 1. The van der Waals surface area contributed by atoms with Gasteiger partial charge in [-0.15, -0.1) is 0 Å². The van der Waals surface area contributed by atoms with Crippen LogP contribution in [-0.4, -0.2) is 59.8 Å². The molecule has 1 amide bonds. The summed E-state index contributed by atoms with van der Waals surface area (Å²) in [4.78, 5) is 22.4. The number of rotatable bonds is 5. The van der Waals surface area contributed by atoms with E-state index in [1.54, 1.807) is 11.1 Å². The summed E-state index contributed by atoms with van der Waals surface area (Å²) < 4.78 is 5.36. The van der Waals surface area contributed by atoms with Gasteiger partial charge < -0.3 is 20.3 Å². The molecule has 2 heterocycles. The summed E-state index contributed by atoms with van der Waals surface area (Å²) in [5, 5.41) is 6.60. The Morgan fingerprint density at radius 2 is 2.20 bits per heavy atom. The van der Waals surface area contributed by atoms with Gasteiger partial charge in [0.2, 0.25) is 0 Å². The molecule has 1 aliphatic rings. The van der Waals surface area contributed by atoms with Crippen LogP contribution in [0.2, 0.25) is 0 Å². The lowest BCUT2D eigenvalue weighted by molar-refractivity contribution is 0.00701. The van der Waals surface area contributed by atoms with Crippen LogP contribution in [0.1, 0.15) is 33.3 Å². The molecule has 2 rings (SSSR count). The molecule has 0 saturated carbocycles. The highest BCUT2D eigenvalue weighted by Gasteiger charge is 2.34. The summed E-state index contributed by atoms with van der Waals surface area (Å²) in [7, 11) is 0. The molecule has 0 aliphatic carbocycles. The van der Waals surface area contributed by atoms with Crippen molar-refractivity contribution in [3.8, 4) is 0 Å². The van der Waals surface area contributed by atoms with E-state index in [-0.39, 0.29) is 12.1 Å². The van der Waals surface area contributed by atoms with Gasteiger partial charge in [-0.1, -0.05) is 6.07 Å². The van der Waals surface area contributed by atoms with Gasteiger partial charge >= 0.3 is 6.09 Å². The van der Waals surface area contributed by atoms with Crippen LogP contribution in [-0.2, 0) is 11.2 Å². The Bertz CT molecular complexity index is 577. The highest BCUT2D eigenvalue weighted by molar-refractivity contribution is 5.80. The molecule has 1 aromatic heterocycles. The van der Waals surface area contributed by atoms with E-state index in [4.69, 9.17) is 4.74 Å². The molecule has 0 spiro atoms. The van der Waals surface area contributed by atoms with Gasteiger partial charge in [-0.3, -0.25) is 9.98 Å². The van der Waals surface area contributed by atoms with E-state index in [9.17, 15) is 4.79 Å². The Kier molecular flexibility index (Phi) is 6.61. The monoisotopic (exact) mass is 347 g/mol. The molecule has 7 heteroatoms. The Hall–Kier alpha value is -2.31. The number of carbonyl (C=O) groups excluding carboxylic acids is 1. The van der Waals surface area contributed by atoms with Crippen LogP contribution in [0.3, 0.4) is 0 Å². The molecule has 0 radical (unpaired) electrons. The molecule has 138 valence electrons. The van der Waals surface area contributed by atoms with Crippen LogP contribution in [0.5, 0.6) is 0 Å². The molecular formula is C18H29N5O2. The van der Waals surface area contributed by atoms with Crippen molar-refractivity contribution in [2.45, 2.75) is 45.8 Å². The van der Waals surface area contributed by atoms with Crippen molar-refractivity contribution >= 4 is 12.1 Å². The van der Waals surface area contributed by atoms with E-state index in [0.29, 0.717) is 19.6 Å². The molecule has 25 heavy (non-hydrogen) atoms. The summed E-state index contributed by atoms with van der Waals surface area (Å²) in [5.74, 6) is 0.778. The van der Waals surface area contributed by atoms with Crippen molar-refractivity contribution < 1.29 is 9.53 Å². The highest BCUT2D eigenvalue weighted by atomic mass is 16.6. The average Bonchev–Trinajstić information content (AvgIpc) is 2.49. The third-order valence-electron chi connectivity index (χ3n) is 3.61. The summed E-state index contributed by atoms with van der Waals surface area (Å²) >= 11 is 0.